The lowest BCUT2D eigenvalue weighted by Gasteiger charge is -2.14. The van der Waals surface area contributed by atoms with E-state index in [1.807, 2.05) is 36.4 Å². The third-order valence-corrected chi connectivity index (χ3v) is 3.59. The number of ether oxygens (including phenoxy) is 3. The van der Waals surface area contributed by atoms with Gasteiger partial charge in [-0.25, -0.2) is 0 Å². The molecule has 0 atom stereocenters. The number of carbonyl (C=O) groups is 1. The number of amides is 1. The number of hydrogen-bond donors (Lipinski definition) is 2. The van der Waals surface area contributed by atoms with Crippen LogP contribution in [0.2, 0.25) is 0 Å². The quantitative estimate of drug-likeness (QED) is 0.587. The summed E-state index contributed by atoms with van der Waals surface area (Å²) in [6.45, 7) is 5.99. The number of rotatable bonds is 11. The van der Waals surface area contributed by atoms with E-state index in [1.165, 1.54) is 0 Å². The molecule has 0 aromatic heterocycles. The highest BCUT2D eigenvalue weighted by atomic mass is 16.5. The summed E-state index contributed by atoms with van der Waals surface area (Å²) in [4.78, 5) is 12.2. The number of anilines is 2. The molecule has 2 N–H and O–H groups in total. The molecule has 6 heteroatoms. The van der Waals surface area contributed by atoms with Crippen LogP contribution in [0.15, 0.2) is 48.5 Å². The van der Waals surface area contributed by atoms with E-state index in [1.54, 1.807) is 19.2 Å². The van der Waals surface area contributed by atoms with Crippen molar-refractivity contribution in [2.24, 2.45) is 5.92 Å². The van der Waals surface area contributed by atoms with Crippen molar-refractivity contribution in [3.63, 3.8) is 0 Å². The Hall–Kier alpha value is -2.73. The maximum atomic E-state index is 12.2. The first-order valence-electron chi connectivity index (χ1n) is 9.06. The Balaban J connectivity index is 1.82. The highest BCUT2D eigenvalue weighted by Crippen LogP contribution is 2.24. The van der Waals surface area contributed by atoms with Gasteiger partial charge in [-0.05, 0) is 42.3 Å². The second kappa shape index (κ2) is 11.1. The molecule has 0 saturated heterocycles. The van der Waals surface area contributed by atoms with Crippen molar-refractivity contribution in [1.82, 2.24) is 0 Å². The van der Waals surface area contributed by atoms with Crippen molar-refractivity contribution in [3.8, 4) is 11.5 Å². The zero-order chi connectivity index (χ0) is 19.5. The summed E-state index contributed by atoms with van der Waals surface area (Å²) in [5.74, 6) is 1.78. The van der Waals surface area contributed by atoms with Crippen LogP contribution in [0.4, 0.5) is 11.4 Å². The van der Waals surface area contributed by atoms with Gasteiger partial charge in [-0.2, -0.15) is 0 Å². The Kier molecular flexibility index (Phi) is 8.45. The highest BCUT2D eigenvalue weighted by molar-refractivity contribution is 5.94. The molecule has 0 fully saturated rings. The molecule has 0 saturated carbocycles. The number of benzene rings is 2. The first kappa shape index (κ1) is 20.6. The molecule has 146 valence electrons. The zero-order valence-electron chi connectivity index (χ0n) is 16.2. The fourth-order valence-corrected chi connectivity index (χ4v) is 2.25. The maximum absolute atomic E-state index is 12.2. The first-order chi connectivity index (χ1) is 13.1. The van der Waals surface area contributed by atoms with Crippen LogP contribution >= 0.6 is 0 Å². The van der Waals surface area contributed by atoms with Crippen molar-refractivity contribution in [2.75, 3.05) is 44.1 Å². The van der Waals surface area contributed by atoms with Gasteiger partial charge in [0.15, 0.2) is 0 Å². The van der Waals surface area contributed by atoms with Crippen molar-refractivity contribution in [2.45, 2.75) is 13.8 Å². The third-order valence-electron chi connectivity index (χ3n) is 3.59. The zero-order valence-corrected chi connectivity index (χ0v) is 16.2. The third kappa shape index (κ3) is 7.58. The molecule has 0 unspecified atom stereocenters. The molecular formula is C21H28N2O4. The largest absolute Gasteiger partial charge is 0.491 e. The van der Waals surface area contributed by atoms with Crippen LogP contribution in [-0.4, -0.2) is 39.4 Å². The van der Waals surface area contributed by atoms with Crippen LogP contribution in [0.5, 0.6) is 11.5 Å². The molecule has 0 radical (unpaired) electrons. The molecule has 2 rings (SSSR count). The van der Waals surface area contributed by atoms with Gasteiger partial charge in [0.25, 0.3) is 0 Å². The van der Waals surface area contributed by atoms with Gasteiger partial charge in [0.1, 0.15) is 18.1 Å². The van der Waals surface area contributed by atoms with E-state index < -0.39 is 0 Å². The summed E-state index contributed by atoms with van der Waals surface area (Å²) in [5, 5.41) is 5.98. The minimum atomic E-state index is -0.137. The van der Waals surface area contributed by atoms with Gasteiger partial charge >= 0.3 is 0 Å². The first-order valence-corrected chi connectivity index (χ1v) is 9.06. The van der Waals surface area contributed by atoms with Gasteiger partial charge in [0, 0.05) is 12.8 Å². The topological polar surface area (TPSA) is 68.8 Å². The molecule has 6 nitrogen and oxygen atoms in total. The molecule has 0 aliphatic rings. The molecule has 0 spiro atoms. The van der Waals surface area contributed by atoms with Gasteiger partial charge in [0.2, 0.25) is 5.91 Å². The molecule has 2 aromatic rings. The molecule has 0 bridgehead atoms. The predicted molar refractivity (Wildman–Crippen MR) is 108 cm³/mol. The van der Waals surface area contributed by atoms with Crippen LogP contribution in [-0.2, 0) is 9.53 Å². The Morgan fingerprint density at radius 2 is 1.74 bits per heavy atom. The average Bonchev–Trinajstić information content (AvgIpc) is 2.67. The number of para-hydroxylation sites is 2. The van der Waals surface area contributed by atoms with Crippen molar-refractivity contribution in [1.29, 1.82) is 0 Å². The summed E-state index contributed by atoms with van der Waals surface area (Å²) in [6.07, 6.45) is 0. The molecule has 0 aliphatic carbocycles. The SMILES string of the molecule is COCCOc1ccc(NC(=O)CNc2ccccc2OCC(C)C)cc1. The normalized spacial score (nSPS) is 10.5. The second-order valence-corrected chi connectivity index (χ2v) is 6.47. The van der Waals surface area contributed by atoms with E-state index in [-0.39, 0.29) is 12.5 Å². The number of methoxy groups -OCH3 is 1. The minimum Gasteiger partial charge on any atom is -0.491 e. The Morgan fingerprint density at radius 3 is 2.44 bits per heavy atom. The van der Waals surface area contributed by atoms with E-state index in [0.29, 0.717) is 31.4 Å². The Bertz CT molecular complexity index is 702. The van der Waals surface area contributed by atoms with E-state index in [4.69, 9.17) is 14.2 Å². The van der Waals surface area contributed by atoms with Gasteiger partial charge < -0.3 is 24.8 Å². The van der Waals surface area contributed by atoms with Crippen LogP contribution in [0.3, 0.4) is 0 Å². The van der Waals surface area contributed by atoms with Crippen molar-refractivity contribution in [3.05, 3.63) is 48.5 Å². The monoisotopic (exact) mass is 372 g/mol. The molecule has 0 aliphatic heterocycles. The molecule has 1 amide bonds. The summed E-state index contributed by atoms with van der Waals surface area (Å²) in [6, 6.07) is 14.9. The molecule has 27 heavy (non-hydrogen) atoms. The van der Waals surface area contributed by atoms with Crippen LogP contribution < -0.4 is 20.1 Å². The van der Waals surface area contributed by atoms with Gasteiger partial charge in [-0.1, -0.05) is 26.0 Å². The van der Waals surface area contributed by atoms with Crippen LogP contribution in [0.1, 0.15) is 13.8 Å². The summed E-state index contributed by atoms with van der Waals surface area (Å²) in [5.41, 5.74) is 1.51. The van der Waals surface area contributed by atoms with Gasteiger partial charge in [-0.15, -0.1) is 0 Å². The van der Waals surface area contributed by atoms with Gasteiger partial charge in [0.05, 0.1) is 25.4 Å². The van der Waals surface area contributed by atoms with E-state index >= 15 is 0 Å². The van der Waals surface area contributed by atoms with Crippen LogP contribution in [0, 0.1) is 5.92 Å². The van der Waals surface area contributed by atoms with E-state index in [2.05, 4.69) is 24.5 Å². The number of nitrogens with one attached hydrogen (secondary N) is 2. The van der Waals surface area contributed by atoms with E-state index in [9.17, 15) is 4.79 Å². The molecule has 2 aromatic carbocycles. The predicted octanol–water partition coefficient (Wildman–Crippen LogP) is 3.80. The number of carbonyl (C=O) groups excluding carboxylic acids is 1. The second-order valence-electron chi connectivity index (χ2n) is 6.47. The van der Waals surface area contributed by atoms with Crippen molar-refractivity contribution >= 4 is 17.3 Å². The summed E-state index contributed by atoms with van der Waals surface area (Å²) < 4.78 is 16.2. The summed E-state index contributed by atoms with van der Waals surface area (Å²) in [7, 11) is 1.63. The Morgan fingerprint density at radius 1 is 1.00 bits per heavy atom. The fraction of sp³-hybridized carbons (Fsp3) is 0.381. The van der Waals surface area contributed by atoms with Gasteiger partial charge in [-0.3, -0.25) is 4.79 Å². The van der Waals surface area contributed by atoms with E-state index in [0.717, 1.165) is 17.2 Å². The summed E-state index contributed by atoms with van der Waals surface area (Å²) >= 11 is 0. The standard InChI is InChI=1S/C21H28N2O4/c1-16(2)15-27-20-7-5-4-6-19(20)22-14-21(24)23-17-8-10-18(11-9-17)26-13-12-25-3/h4-11,16,22H,12-15H2,1-3H3,(H,23,24). The van der Waals surface area contributed by atoms with Crippen LogP contribution in [0.25, 0.3) is 0 Å². The lowest BCUT2D eigenvalue weighted by Crippen LogP contribution is -2.22. The number of hydrogen-bond acceptors (Lipinski definition) is 5. The highest BCUT2D eigenvalue weighted by Gasteiger charge is 2.07. The smallest absolute Gasteiger partial charge is 0.243 e. The van der Waals surface area contributed by atoms with Crippen molar-refractivity contribution < 1.29 is 19.0 Å². The lowest BCUT2D eigenvalue weighted by molar-refractivity contribution is -0.114. The maximum Gasteiger partial charge on any atom is 0.243 e. The molecule has 0 heterocycles. The minimum absolute atomic E-state index is 0.137. The lowest BCUT2D eigenvalue weighted by atomic mass is 10.2. The molecular weight excluding hydrogens is 344 g/mol. The Labute approximate surface area is 160 Å². The fourth-order valence-electron chi connectivity index (χ4n) is 2.25. The average molecular weight is 372 g/mol.